The second-order valence-corrected chi connectivity index (χ2v) is 6.79. The van der Waals surface area contributed by atoms with Gasteiger partial charge in [0.05, 0.1) is 12.5 Å². The molecule has 1 aromatic carbocycles. The van der Waals surface area contributed by atoms with E-state index in [9.17, 15) is 14.7 Å². The molecule has 0 saturated carbocycles. The summed E-state index contributed by atoms with van der Waals surface area (Å²) in [6, 6.07) is 6.98. The summed E-state index contributed by atoms with van der Waals surface area (Å²) in [5.41, 5.74) is 0.810. The van der Waals surface area contributed by atoms with Crippen LogP contribution in [0.2, 0.25) is 0 Å². The van der Waals surface area contributed by atoms with E-state index in [0.29, 0.717) is 0 Å². The van der Waals surface area contributed by atoms with Crippen molar-refractivity contribution >= 4 is 11.8 Å². The number of aromatic hydroxyl groups is 1. The van der Waals surface area contributed by atoms with Gasteiger partial charge in [-0.3, -0.25) is 14.5 Å². The summed E-state index contributed by atoms with van der Waals surface area (Å²) in [5, 5.41) is 12.5. The summed E-state index contributed by atoms with van der Waals surface area (Å²) in [6.07, 6.45) is 2.93. The fourth-order valence-electron chi connectivity index (χ4n) is 3.63. The molecule has 0 aliphatic carbocycles. The molecule has 1 aromatic rings. The van der Waals surface area contributed by atoms with E-state index in [-0.39, 0.29) is 36.1 Å². The van der Waals surface area contributed by atoms with Crippen LogP contribution >= 0.6 is 0 Å². The number of nitrogens with one attached hydrogen (secondary N) is 1. The number of carbonyl (C=O) groups excluding carboxylic acids is 2. The molecule has 3 rings (SSSR count). The summed E-state index contributed by atoms with van der Waals surface area (Å²) >= 11 is 0. The number of likely N-dealkylation sites (N-methyl/N-ethyl adjacent to an activating group) is 1. The number of likely N-dealkylation sites (tertiary alicyclic amines) is 2. The smallest absolute Gasteiger partial charge is 0.239 e. The Morgan fingerprint density at radius 1 is 1.25 bits per heavy atom. The summed E-state index contributed by atoms with van der Waals surface area (Å²) in [7, 11) is 1.86. The van der Waals surface area contributed by atoms with E-state index >= 15 is 0 Å². The molecule has 0 radical (unpaired) electrons. The molecule has 1 unspecified atom stereocenters. The topological polar surface area (TPSA) is 72.9 Å². The Labute approximate surface area is 142 Å². The quantitative estimate of drug-likeness (QED) is 0.854. The molecule has 0 aromatic heterocycles. The zero-order valence-corrected chi connectivity index (χ0v) is 14.1. The van der Waals surface area contributed by atoms with Crippen LogP contribution in [0.3, 0.4) is 0 Å². The number of piperidine rings is 1. The van der Waals surface area contributed by atoms with Gasteiger partial charge in [0.25, 0.3) is 0 Å². The van der Waals surface area contributed by atoms with Gasteiger partial charge in [-0.15, -0.1) is 0 Å². The average Bonchev–Trinajstić information content (AvgIpc) is 2.88. The first-order valence-electron chi connectivity index (χ1n) is 8.59. The van der Waals surface area contributed by atoms with E-state index in [1.165, 1.54) is 0 Å². The minimum absolute atomic E-state index is 0.0178. The summed E-state index contributed by atoms with van der Waals surface area (Å²) in [4.78, 5) is 28.3. The molecule has 2 fully saturated rings. The van der Waals surface area contributed by atoms with Crippen LogP contribution in [0.15, 0.2) is 24.3 Å². The molecule has 2 saturated heterocycles. The van der Waals surface area contributed by atoms with Crippen LogP contribution in [0.4, 0.5) is 0 Å². The van der Waals surface area contributed by atoms with Crippen molar-refractivity contribution in [2.45, 2.75) is 37.8 Å². The predicted octanol–water partition coefficient (Wildman–Crippen LogP) is 0.746. The van der Waals surface area contributed by atoms with E-state index in [4.69, 9.17) is 0 Å². The second kappa shape index (κ2) is 7.21. The SMILES string of the molecule is CN1CCC(N2CCC(NC(=O)Cc3cccc(O)c3)CC2)C1=O. The Bertz CT molecular complexity index is 611. The molecular weight excluding hydrogens is 306 g/mol. The molecule has 130 valence electrons. The number of benzene rings is 1. The third kappa shape index (κ3) is 3.87. The van der Waals surface area contributed by atoms with Crippen LogP contribution < -0.4 is 5.32 Å². The van der Waals surface area contributed by atoms with E-state index in [1.54, 1.807) is 23.1 Å². The van der Waals surface area contributed by atoms with Crippen molar-refractivity contribution in [3.8, 4) is 5.75 Å². The number of amides is 2. The zero-order valence-electron chi connectivity index (χ0n) is 14.1. The highest BCUT2D eigenvalue weighted by molar-refractivity contribution is 5.83. The molecule has 2 aliphatic rings. The third-order valence-electron chi connectivity index (χ3n) is 5.01. The van der Waals surface area contributed by atoms with Gasteiger partial charge in [0.15, 0.2) is 0 Å². The van der Waals surface area contributed by atoms with Crippen LogP contribution in [-0.2, 0) is 16.0 Å². The van der Waals surface area contributed by atoms with Crippen molar-refractivity contribution in [2.24, 2.45) is 0 Å². The fraction of sp³-hybridized carbons (Fsp3) is 0.556. The molecular formula is C18H25N3O3. The third-order valence-corrected chi connectivity index (χ3v) is 5.01. The number of carbonyl (C=O) groups is 2. The molecule has 6 nitrogen and oxygen atoms in total. The van der Waals surface area contributed by atoms with Crippen LogP contribution in [0.5, 0.6) is 5.75 Å². The van der Waals surface area contributed by atoms with Crippen molar-refractivity contribution in [1.29, 1.82) is 0 Å². The normalized spacial score (nSPS) is 22.8. The van der Waals surface area contributed by atoms with Crippen LogP contribution in [-0.4, -0.2) is 65.5 Å². The van der Waals surface area contributed by atoms with Crippen LogP contribution in [0.1, 0.15) is 24.8 Å². The highest BCUT2D eigenvalue weighted by Crippen LogP contribution is 2.21. The molecule has 0 bridgehead atoms. The van der Waals surface area contributed by atoms with E-state index in [2.05, 4.69) is 10.2 Å². The van der Waals surface area contributed by atoms with Crippen LogP contribution in [0, 0.1) is 0 Å². The maximum Gasteiger partial charge on any atom is 0.239 e. The first-order valence-corrected chi connectivity index (χ1v) is 8.59. The molecule has 1 atom stereocenters. The first kappa shape index (κ1) is 16.8. The number of phenolic OH excluding ortho intramolecular Hbond substituents is 1. The molecule has 2 amide bonds. The Hall–Kier alpha value is -2.08. The second-order valence-electron chi connectivity index (χ2n) is 6.79. The Kier molecular flexibility index (Phi) is 5.04. The van der Waals surface area contributed by atoms with E-state index in [0.717, 1.165) is 44.5 Å². The van der Waals surface area contributed by atoms with Crippen molar-refractivity contribution in [2.75, 3.05) is 26.7 Å². The molecule has 2 heterocycles. The van der Waals surface area contributed by atoms with Crippen molar-refractivity contribution in [3.63, 3.8) is 0 Å². The lowest BCUT2D eigenvalue weighted by molar-refractivity contribution is -0.131. The van der Waals surface area contributed by atoms with Crippen molar-refractivity contribution in [3.05, 3.63) is 29.8 Å². The fourth-order valence-corrected chi connectivity index (χ4v) is 3.63. The van der Waals surface area contributed by atoms with Gasteiger partial charge in [0, 0.05) is 32.7 Å². The molecule has 2 N–H and O–H groups in total. The van der Waals surface area contributed by atoms with Gasteiger partial charge in [-0.2, -0.15) is 0 Å². The lowest BCUT2D eigenvalue weighted by Gasteiger charge is -2.35. The molecule has 6 heteroatoms. The monoisotopic (exact) mass is 331 g/mol. The standard InChI is InChI=1S/C18H25N3O3/c1-20-8-7-16(18(20)24)21-9-5-14(6-10-21)19-17(23)12-13-3-2-4-15(22)11-13/h2-4,11,14,16,22H,5-10,12H2,1H3,(H,19,23). The summed E-state index contributed by atoms with van der Waals surface area (Å²) < 4.78 is 0. The van der Waals surface area contributed by atoms with Gasteiger partial charge in [0.1, 0.15) is 5.75 Å². The van der Waals surface area contributed by atoms with Gasteiger partial charge in [-0.05, 0) is 37.0 Å². The van der Waals surface area contributed by atoms with E-state index < -0.39 is 0 Å². The van der Waals surface area contributed by atoms with E-state index in [1.807, 2.05) is 13.1 Å². The zero-order chi connectivity index (χ0) is 17.1. The minimum atomic E-state index is -0.0178. The van der Waals surface area contributed by atoms with Crippen LogP contribution in [0.25, 0.3) is 0 Å². The highest BCUT2D eigenvalue weighted by atomic mass is 16.3. The van der Waals surface area contributed by atoms with Crippen molar-refractivity contribution in [1.82, 2.24) is 15.1 Å². The molecule has 24 heavy (non-hydrogen) atoms. The largest absolute Gasteiger partial charge is 0.508 e. The lowest BCUT2D eigenvalue weighted by Crippen LogP contribution is -2.50. The average molecular weight is 331 g/mol. The first-order chi connectivity index (χ1) is 11.5. The van der Waals surface area contributed by atoms with Gasteiger partial charge >= 0.3 is 0 Å². The number of nitrogens with zero attached hydrogens (tertiary/aromatic N) is 2. The van der Waals surface area contributed by atoms with Crippen molar-refractivity contribution < 1.29 is 14.7 Å². The molecule has 2 aliphatic heterocycles. The lowest BCUT2D eigenvalue weighted by atomic mass is 10.0. The van der Waals surface area contributed by atoms with Gasteiger partial charge in [-0.1, -0.05) is 12.1 Å². The van der Waals surface area contributed by atoms with Gasteiger partial charge in [-0.25, -0.2) is 0 Å². The number of phenols is 1. The Morgan fingerprint density at radius 3 is 2.62 bits per heavy atom. The Balaban J connectivity index is 1.45. The summed E-state index contributed by atoms with van der Waals surface area (Å²) in [6.45, 7) is 2.53. The number of hydrogen-bond donors (Lipinski definition) is 2. The number of hydrogen-bond acceptors (Lipinski definition) is 4. The number of rotatable bonds is 4. The molecule has 0 spiro atoms. The minimum Gasteiger partial charge on any atom is -0.508 e. The maximum absolute atomic E-state index is 12.2. The summed E-state index contributed by atoms with van der Waals surface area (Å²) in [5.74, 6) is 0.386. The van der Waals surface area contributed by atoms with Gasteiger partial charge < -0.3 is 15.3 Å². The van der Waals surface area contributed by atoms with Gasteiger partial charge in [0.2, 0.25) is 11.8 Å². The predicted molar refractivity (Wildman–Crippen MR) is 90.6 cm³/mol. The highest BCUT2D eigenvalue weighted by Gasteiger charge is 2.35. The Morgan fingerprint density at radius 2 is 2.00 bits per heavy atom. The maximum atomic E-state index is 12.2.